The minimum atomic E-state index is -0.336. The van der Waals surface area contributed by atoms with Crippen LogP contribution in [0.5, 0.6) is 0 Å². The number of aromatic nitrogens is 4. The van der Waals surface area contributed by atoms with E-state index in [0.717, 1.165) is 11.1 Å². The van der Waals surface area contributed by atoms with E-state index in [1.807, 2.05) is 42.8 Å². The van der Waals surface area contributed by atoms with E-state index in [-0.39, 0.29) is 23.7 Å². The third-order valence-electron chi connectivity index (χ3n) is 6.82. The first-order chi connectivity index (χ1) is 17.3. The van der Waals surface area contributed by atoms with Crippen molar-refractivity contribution in [2.75, 3.05) is 24.5 Å². The maximum Gasteiger partial charge on any atom is 0.225 e. The molecule has 1 aliphatic rings. The van der Waals surface area contributed by atoms with Crippen molar-refractivity contribution >= 4 is 22.8 Å². The summed E-state index contributed by atoms with van der Waals surface area (Å²) < 4.78 is 18.7. The number of rotatable bonds is 4. The quantitative estimate of drug-likeness (QED) is 0.434. The summed E-state index contributed by atoms with van der Waals surface area (Å²) in [4.78, 5) is 25.9. The first kappa shape index (κ1) is 23.5. The third kappa shape index (κ3) is 3.88. The maximum absolute atomic E-state index is 15.0. The lowest BCUT2D eigenvalue weighted by Gasteiger charge is -2.41. The van der Waals surface area contributed by atoms with Gasteiger partial charge in [0.2, 0.25) is 5.91 Å². The van der Waals surface area contributed by atoms with Crippen molar-refractivity contribution in [1.82, 2.24) is 24.0 Å². The summed E-state index contributed by atoms with van der Waals surface area (Å²) in [6.07, 6.45) is 5.23. The summed E-state index contributed by atoms with van der Waals surface area (Å²) in [6, 6.07) is 10.6. The first-order valence-corrected chi connectivity index (χ1v) is 12.0. The van der Waals surface area contributed by atoms with Gasteiger partial charge in [0.25, 0.3) is 0 Å². The van der Waals surface area contributed by atoms with Crippen molar-refractivity contribution in [3.8, 4) is 22.9 Å². The predicted molar refractivity (Wildman–Crippen MR) is 136 cm³/mol. The standard InChI is InChI=1S/C27H28FN7O/c1-17(2)27(36)33-9-10-34(18(3)13-33)25-24-22(21-7-5-6-8-23(21)28)15-35(26(24)31-16-30-25)20-11-19(12-29)32(4)14-20/h5-8,11,14-18H,9-10,13H2,1-4H3/t18-/m0/s1. The molecule has 0 N–H and O–H groups in total. The molecule has 0 saturated carbocycles. The van der Waals surface area contributed by atoms with E-state index >= 15 is 4.39 Å². The highest BCUT2D eigenvalue weighted by molar-refractivity contribution is 6.02. The van der Waals surface area contributed by atoms with E-state index in [9.17, 15) is 10.1 Å². The average Bonchev–Trinajstić information content (AvgIpc) is 3.44. The van der Waals surface area contributed by atoms with Crippen LogP contribution in [-0.4, -0.2) is 55.6 Å². The molecular formula is C27H28FN7O. The highest BCUT2D eigenvalue weighted by atomic mass is 19.1. The van der Waals surface area contributed by atoms with Crippen molar-refractivity contribution < 1.29 is 9.18 Å². The van der Waals surface area contributed by atoms with Crippen LogP contribution in [0, 0.1) is 23.1 Å². The van der Waals surface area contributed by atoms with E-state index in [1.165, 1.54) is 12.4 Å². The van der Waals surface area contributed by atoms with Crippen LogP contribution in [0.2, 0.25) is 0 Å². The molecule has 1 saturated heterocycles. The number of carbonyl (C=O) groups is 1. The van der Waals surface area contributed by atoms with Crippen LogP contribution in [0.4, 0.5) is 10.2 Å². The van der Waals surface area contributed by atoms with Gasteiger partial charge in [-0.15, -0.1) is 0 Å². The lowest BCUT2D eigenvalue weighted by molar-refractivity contribution is -0.135. The normalized spacial score (nSPS) is 16.1. The fourth-order valence-corrected chi connectivity index (χ4v) is 4.97. The number of hydrogen-bond donors (Lipinski definition) is 0. The number of halogens is 1. The van der Waals surface area contributed by atoms with E-state index in [2.05, 4.69) is 27.9 Å². The van der Waals surface area contributed by atoms with Gasteiger partial charge in [-0.25, -0.2) is 14.4 Å². The number of anilines is 1. The highest BCUT2D eigenvalue weighted by Gasteiger charge is 2.31. The second kappa shape index (κ2) is 9.11. The Bertz CT molecular complexity index is 1500. The molecule has 4 aromatic rings. The van der Waals surface area contributed by atoms with Gasteiger partial charge in [0.05, 0.1) is 11.1 Å². The van der Waals surface area contributed by atoms with E-state index in [4.69, 9.17) is 0 Å². The largest absolute Gasteiger partial charge is 0.350 e. The summed E-state index contributed by atoms with van der Waals surface area (Å²) in [5, 5.41) is 10.2. The summed E-state index contributed by atoms with van der Waals surface area (Å²) in [6.45, 7) is 7.69. The molecule has 1 aliphatic heterocycles. The van der Waals surface area contributed by atoms with E-state index in [0.29, 0.717) is 47.9 Å². The Balaban J connectivity index is 1.68. The molecule has 3 aromatic heterocycles. The molecule has 0 unspecified atom stereocenters. The summed E-state index contributed by atoms with van der Waals surface area (Å²) >= 11 is 0. The summed E-state index contributed by atoms with van der Waals surface area (Å²) in [7, 11) is 1.81. The minimum absolute atomic E-state index is 0.0123. The van der Waals surface area contributed by atoms with Crippen LogP contribution in [0.25, 0.3) is 27.8 Å². The van der Waals surface area contributed by atoms with Crippen LogP contribution in [0.15, 0.2) is 49.1 Å². The van der Waals surface area contributed by atoms with Gasteiger partial charge in [-0.2, -0.15) is 5.26 Å². The molecule has 0 aliphatic carbocycles. The number of benzene rings is 1. The van der Waals surface area contributed by atoms with Crippen LogP contribution in [0.3, 0.4) is 0 Å². The topological polar surface area (TPSA) is 83.0 Å². The average molecular weight is 486 g/mol. The van der Waals surface area contributed by atoms with Crippen molar-refractivity contribution in [2.24, 2.45) is 13.0 Å². The molecule has 1 atom stereocenters. The zero-order valence-corrected chi connectivity index (χ0v) is 20.8. The number of fused-ring (bicyclic) bond motifs is 1. The van der Waals surface area contributed by atoms with Crippen LogP contribution >= 0.6 is 0 Å². The molecule has 5 rings (SSSR count). The summed E-state index contributed by atoms with van der Waals surface area (Å²) in [5.41, 5.74) is 3.02. The fraction of sp³-hybridized carbons (Fsp3) is 0.333. The molecule has 1 fully saturated rings. The van der Waals surface area contributed by atoms with Gasteiger partial charge < -0.3 is 14.4 Å². The molecule has 4 heterocycles. The number of carbonyl (C=O) groups excluding carboxylic acids is 1. The van der Waals surface area contributed by atoms with Gasteiger partial charge >= 0.3 is 0 Å². The summed E-state index contributed by atoms with van der Waals surface area (Å²) in [5.74, 6) is 0.459. The lowest BCUT2D eigenvalue weighted by atomic mass is 10.0. The van der Waals surface area contributed by atoms with E-state index in [1.54, 1.807) is 28.8 Å². The molecule has 36 heavy (non-hydrogen) atoms. The predicted octanol–water partition coefficient (Wildman–Crippen LogP) is 4.13. The van der Waals surface area contributed by atoms with Crippen molar-refractivity contribution in [3.63, 3.8) is 0 Å². The second-order valence-corrected chi connectivity index (χ2v) is 9.58. The molecule has 0 radical (unpaired) electrons. The Morgan fingerprint density at radius 1 is 1.17 bits per heavy atom. The molecule has 0 bridgehead atoms. The van der Waals surface area contributed by atoms with Gasteiger partial charge in [0.1, 0.15) is 29.7 Å². The van der Waals surface area contributed by atoms with Crippen LogP contribution < -0.4 is 4.90 Å². The smallest absolute Gasteiger partial charge is 0.225 e. The van der Waals surface area contributed by atoms with Gasteiger partial charge in [0, 0.05) is 62.2 Å². The number of hydrogen-bond acceptors (Lipinski definition) is 5. The van der Waals surface area contributed by atoms with Gasteiger partial charge in [-0.3, -0.25) is 9.36 Å². The molecule has 9 heteroatoms. The Hall–Kier alpha value is -4.19. The Morgan fingerprint density at radius 2 is 1.94 bits per heavy atom. The maximum atomic E-state index is 15.0. The van der Waals surface area contributed by atoms with Crippen LogP contribution in [0.1, 0.15) is 26.5 Å². The molecule has 1 amide bonds. The van der Waals surface area contributed by atoms with Gasteiger partial charge in [0.15, 0.2) is 5.65 Å². The van der Waals surface area contributed by atoms with Crippen molar-refractivity contribution in [1.29, 1.82) is 5.26 Å². The third-order valence-corrected chi connectivity index (χ3v) is 6.82. The molecule has 184 valence electrons. The number of piperazine rings is 1. The number of amides is 1. The number of aryl methyl sites for hydroxylation is 1. The fourth-order valence-electron chi connectivity index (χ4n) is 4.97. The minimum Gasteiger partial charge on any atom is -0.350 e. The van der Waals surface area contributed by atoms with Gasteiger partial charge in [-0.05, 0) is 19.1 Å². The Labute approximate surface area is 209 Å². The highest BCUT2D eigenvalue weighted by Crippen LogP contribution is 2.39. The van der Waals surface area contributed by atoms with Crippen molar-refractivity contribution in [2.45, 2.75) is 26.8 Å². The van der Waals surface area contributed by atoms with E-state index < -0.39 is 0 Å². The monoisotopic (exact) mass is 485 g/mol. The number of nitriles is 1. The van der Waals surface area contributed by atoms with Gasteiger partial charge in [-0.1, -0.05) is 32.0 Å². The molecule has 0 spiro atoms. The molecule has 1 aromatic carbocycles. The number of nitrogens with zero attached hydrogens (tertiary/aromatic N) is 7. The molecule has 8 nitrogen and oxygen atoms in total. The second-order valence-electron chi connectivity index (χ2n) is 9.58. The van der Waals surface area contributed by atoms with Crippen LogP contribution in [-0.2, 0) is 11.8 Å². The zero-order valence-electron chi connectivity index (χ0n) is 20.8. The Kier molecular flexibility index (Phi) is 5.96. The van der Waals surface area contributed by atoms with Crippen molar-refractivity contribution in [3.05, 3.63) is 60.6 Å². The first-order valence-electron chi connectivity index (χ1n) is 12.0. The molecular weight excluding hydrogens is 457 g/mol. The lowest BCUT2D eigenvalue weighted by Crippen LogP contribution is -2.54. The SMILES string of the molecule is CC(C)C(=O)N1CCN(c2ncnc3c2c(-c2ccccc2F)cn3-c2cc(C#N)n(C)c2)[C@@H](C)C1. The zero-order chi connectivity index (χ0) is 25.6. The Morgan fingerprint density at radius 3 is 2.61 bits per heavy atom.